The van der Waals surface area contributed by atoms with Crippen molar-refractivity contribution in [2.75, 3.05) is 19.8 Å². The van der Waals surface area contributed by atoms with Crippen molar-refractivity contribution < 1.29 is 28.4 Å². The van der Waals surface area contributed by atoms with Crippen molar-refractivity contribution in [2.24, 2.45) is 5.73 Å². The van der Waals surface area contributed by atoms with Gasteiger partial charge >= 0.3 is 7.82 Å². The van der Waals surface area contributed by atoms with Crippen LogP contribution < -0.4 is 11.1 Å². The molecule has 3 atom stereocenters. The van der Waals surface area contributed by atoms with Gasteiger partial charge in [0, 0.05) is 13.0 Å². The fraction of sp³-hybridized carbons (Fsp3) is 0.718. The van der Waals surface area contributed by atoms with E-state index in [2.05, 4.69) is 67.8 Å². The zero-order chi connectivity index (χ0) is 35.4. The molecule has 0 saturated heterocycles. The Morgan fingerprint density at radius 1 is 0.688 bits per heavy atom. The highest BCUT2D eigenvalue weighted by Gasteiger charge is 2.26. The lowest BCUT2D eigenvalue weighted by Gasteiger charge is -2.23. The van der Waals surface area contributed by atoms with Gasteiger partial charge in [-0.1, -0.05) is 132 Å². The van der Waals surface area contributed by atoms with Crippen molar-refractivity contribution in [1.82, 2.24) is 5.32 Å². The van der Waals surface area contributed by atoms with E-state index in [-0.39, 0.29) is 25.7 Å². The van der Waals surface area contributed by atoms with Crippen LogP contribution in [0.15, 0.2) is 60.8 Å². The Hall–Kier alpha value is -1.80. The van der Waals surface area contributed by atoms with Crippen molar-refractivity contribution in [2.45, 2.75) is 161 Å². The molecule has 0 bridgehead atoms. The maximum absolute atomic E-state index is 12.7. The van der Waals surface area contributed by atoms with Gasteiger partial charge in [0.25, 0.3) is 0 Å². The summed E-state index contributed by atoms with van der Waals surface area (Å²) in [6, 6.07) is -0.887. The van der Waals surface area contributed by atoms with Crippen LogP contribution in [-0.2, 0) is 18.4 Å². The summed E-state index contributed by atoms with van der Waals surface area (Å²) < 4.78 is 22.0. The average molecular weight is 695 g/mol. The Morgan fingerprint density at radius 3 is 1.79 bits per heavy atom. The quantitative estimate of drug-likeness (QED) is 0.0300. The van der Waals surface area contributed by atoms with Crippen LogP contribution in [0.3, 0.4) is 0 Å². The molecular formula is C39H71N2O6P. The maximum Gasteiger partial charge on any atom is 0.472 e. The summed E-state index contributed by atoms with van der Waals surface area (Å²) in [6.45, 7) is 3.99. The minimum atomic E-state index is -4.35. The van der Waals surface area contributed by atoms with Crippen molar-refractivity contribution in [3.63, 3.8) is 0 Å². The van der Waals surface area contributed by atoms with Crippen LogP contribution >= 0.6 is 7.82 Å². The number of aliphatic hydroxyl groups excluding tert-OH is 1. The first-order valence-electron chi connectivity index (χ1n) is 18.9. The molecule has 5 N–H and O–H groups in total. The largest absolute Gasteiger partial charge is 0.472 e. The van der Waals surface area contributed by atoms with E-state index in [1.165, 1.54) is 57.8 Å². The van der Waals surface area contributed by atoms with Gasteiger partial charge in [-0.05, 0) is 70.6 Å². The Morgan fingerprint density at radius 2 is 1.19 bits per heavy atom. The molecule has 8 nitrogen and oxygen atoms in total. The molecule has 0 rings (SSSR count). The third kappa shape index (κ3) is 32.7. The number of unbranched alkanes of at least 4 members (excludes halogenated alkanes) is 14. The summed E-state index contributed by atoms with van der Waals surface area (Å²) in [5.41, 5.74) is 5.35. The predicted molar refractivity (Wildman–Crippen MR) is 203 cm³/mol. The van der Waals surface area contributed by atoms with Crippen LogP contribution in [0.1, 0.15) is 149 Å². The van der Waals surface area contributed by atoms with Crippen LogP contribution in [0.5, 0.6) is 0 Å². The Kier molecular flexibility index (Phi) is 33.7. The highest BCUT2D eigenvalue weighted by Crippen LogP contribution is 2.43. The van der Waals surface area contributed by atoms with E-state index >= 15 is 0 Å². The lowest BCUT2D eigenvalue weighted by Crippen LogP contribution is -2.45. The summed E-state index contributed by atoms with van der Waals surface area (Å²) in [5.74, 6) is -0.221. The lowest BCUT2D eigenvalue weighted by atomic mass is 10.1. The smallest absolute Gasteiger partial charge is 0.387 e. The molecule has 1 amide bonds. The Labute approximate surface area is 294 Å². The molecule has 278 valence electrons. The first kappa shape index (κ1) is 46.2. The van der Waals surface area contributed by atoms with E-state index in [1.807, 2.05) is 6.08 Å². The molecular weight excluding hydrogens is 623 g/mol. The van der Waals surface area contributed by atoms with Crippen molar-refractivity contribution in [1.29, 1.82) is 0 Å². The number of carbonyl (C=O) groups excluding carboxylic acids is 1. The van der Waals surface area contributed by atoms with E-state index in [1.54, 1.807) is 6.08 Å². The highest BCUT2D eigenvalue weighted by atomic mass is 31.2. The number of nitrogens with one attached hydrogen (secondary N) is 1. The second-order valence-corrected chi connectivity index (χ2v) is 13.9. The molecule has 48 heavy (non-hydrogen) atoms. The number of amides is 1. The topological polar surface area (TPSA) is 131 Å². The minimum absolute atomic E-state index is 0.0677. The van der Waals surface area contributed by atoms with Gasteiger partial charge in [0.05, 0.1) is 25.4 Å². The van der Waals surface area contributed by atoms with Crippen LogP contribution in [-0.4, -0.2) is 47.8 Å². The zero-order valence-electron chi connectivity index (χ0n) is 30.5. The molecule has 0 aromatic carbocycles. The standard InChI is InChI=1S/C39H71N2O6P/c1-3-5-7-9-11-13-15-17-18-19-20-21-23-25-27-29-31-33-39(43)41-37(36-47-48(44,45)46-35-34-40)38(42)32-30-28-26-24-22-16-14-12-10-8-6-4-2/h10-13,17-18,22,24,30,32,37-38,42H,3-9,14-16,19-21,23,25-29,31,33-36,40H2,1-2H3,(H,41,43)(H,44,45)/b12-10+,13-11-,18-17-,24-22+,32-30+. The molecule has 0 aliphatic heterocycles. The molecule has 3 unspecified atom stereocenters. The summed E-state index contributed by atoms with van der Waals surface area (Å²) in [6.07, 6.45) is 42.6. The van der Waals surface area contributed by atoms with E-state index in [4.69, 9.17) is 14.8 Å². The highest BCUT2D eigenvalue weighted by molar-refractivity contribution is 7.47. The average Bonchev–Trinajstić information content (AvgIpc) is 3.07. The van der Waals surface area contributed by atoms with Crippen LogP contribution in [0.25, 0.3) is 0 Å². The molecule has 0 radical (unpaired) electrons. The number of hydrogen-bond acceptors (Lipinski definition) is 6. The van der Waals surface area contributed by atoms with E-state index < -0.39 is 20.0 Å². The van der Waals surface area contributed by atoms with Gasteiger partial charge in [0.2, 0.25) is 5.91 Å². The third-order valence-electron chi connectivity index (χ3n) is 7.79. The van der Waals surface area contributed by atoms with Crippen LogP contribution in [0.2, 0.25) is 0 Å². The monoisotopic (exact) mass is 695 g/mol. The number of hydrogen-bond donors (Lipinski definition) is 4. The summed E-state index contributed by atoms with van der Waals surface area (Å²) in [5, 5.41) is 13.6. The van der Waals surface area contributed by atoms with E-state index in [0.717, 1.165) is 70.6 Å². The van der Waals surface area contributed by atoms with Crippen molar-refractivity contribution in [3.05, 3.63) is 60.8 Å². The van der Waals surface area contributed by atoms with Crippen LogP contribution in [0, 0.1) is 0 Å². The molecule has 0 fully saturated rings. The minimum Gasteiger partial charge on any atom is -0.387 e. The van der Waals surface area contributed by atoms with Gasteiger partial charge in [-0.3, -0.25) is 13.8 Å². The molecule has 0 aromatic rings. The first-order chi connectivity index (χ1) is 23.4. The van der Waals surface area contributed by atoms with E-state index in [0.29, 0.717) is 6.42 Å². The third-order valence-corrected chi connectivity index (χ3v) is 8.78. The Bertz CT molecular complexity index is 933. The summed E-state index contributed by atoms with van der Waals surface area (Å²) in [7, 11) is -4.35. The second kappa shape index (κ2) is 35.0. The number of phosphoric ester groups is 1. The van der Waals surface area contributed by atoms with Crippen molar-refractivity contribution in [3.8, 4) is 0 Å². The van der Waals surface area contributed by atoms with Gasteiger partial charge in [-0.2, -0.15) is 0 Å². The first-order valence-corrected chi connectivity index (χ1v) is 20.4. The normalized spacial score (nSPS) is 15.0. The SMILES string of the molecule is CCCC/C=C/CC/C=C/CC/C=C/C(O)C(COP(=O)(O)OCCN)NC(=O)CCCCCCCCC/C=C\C/C=C\CCCCC. The van der Waals surface area contributed by atoms with E-state index in [9.17, 15) is 19.4 Å². The number of carbonyl (C=O) groups is 1. The molecule has 0 aliphatic rings. The molecule has 0 saturated carbocycles. The fourth-order valence-corrected chi connectivity index (χ4v) is 5.64. The Balaban J connectivity index is 4.37. The van der Waals surface area contributed by atoms with Gasteiger partial charge in [-0.15, -0.1) is 0 Å². The number of allylic oxidation sites excluding steroid dienone is 9. The second-order valence-electron chi connectivity index (χ2n) is 12.4. The molecule has 9 heteroatoms. The van der Waals surface area contributed by atoms with Gasteiger partial charge in [0.15, 0.2) is 0 Å². The molecule has 0 aliphatic carbocycles. The van der Waals surface area contributed by atoms with Gasteiger partial charge in [-0.25, -0.2) is 4.57 Å². The number of nitrogens with two attached hydrogens (primary N) is 1. The van der Waals surface area contributed by atoms with Crippen LogP contribution in [0.4, 0.5) is 0 Å². The fourth-order valence-electron chi connectivity index (χ4n) is 4.88. The molecule has 0 heterocycles. The molecule has 0 aromatic heterocycles. The van der Waals surface area contributed by atoms with Crippen molar-refractivity contribution >= 4 is 13.7 Å². The van der Waals surface area contributed by atoms with Gasteiger partial charge in [0.1, 0.15) is 0 Å². The van der Waals surface area contributed by atoms with Gasteiger partial charge < -0.3 is 21.1 Å². The number of aliphatic hydroxyl groups is 1. The number of phosphoric acid groups is 1. The lowest BCUT2D eigenvalue weighted by molar-refractivity contribution is -0.123. The summed E-state index contributed by atoms with van der Waals surface area (Å²) in [4.78, 5) is 22.6. The predicted octanol–water partition coefficient (Wildman–Crippen LogP) is 9.94. The summed E-state index contributed by atoms with van der Waals surface area (Å²) >= 11 is 0. The maximum atomic E-state index is 12.7. The number of rotatable bonds is 34. The zero-order valence-corrected chi connectivity index (χ0v) is 31.3. The molecule has 0 spiro atoms.